The van der Waals surface area contributed by atoms with Crippen LogP contribution in [0.5, 0.6) is 0 Å². The Morgan fingerprint density at radius 3 is 2.67 bits per heavy atom. The van der Waals surface area contributed by atoms with E-state index in [0.717, 1.165) is 6.54 Å². The molecule has 2 amide bonds. The van der Waals surface area contributed by atoms with E-state index in [1.807, 2.05) is 18.9 Å². The van der Waals surface area contributed by atoms with E-state index < -0.39 is 0 Å². The van der Waals surface area contributed by atoms with Crippen molar-refractivity contribution in [2.24, 2.45) is 0 Å². The van der Waals surface area contributed by atoms with E-state index in [0.29, 0.717) is 5.11 Å². The molecule has 0 aromatic heterocycles. The molecule has 1 unspecified atom stereocenters. The highest BCUT2D eigenvalue weighted by atomic mass is 32.1. The molecule has 0 saturated carbocycles. The van der Waals surface area contributed by atoms with E-state index in [1.54, 1.807) is 11.9 Å². The van der Waals surface area contributed by atoms with Crippen LogP contribution in [0.1, 0.15) is 6.92 Å². The van der Waals surface area contributed by atoms with Crippen molar-refractivity contribution in [1.29, 1.82) is 0 Å². The summed E-state index contributed by atoms with van der Waals surface area (Å²) in [7, 11) is 3.50. The van der Waals surface area contributed by atoms with Gasteiger partial charge in [-0.25, -0.2) is 4.79 Å². The molecule has 0 aliphatic carbocycles. The van der Waals surface area contributed by atoms with Crippen molar-refractivity contribution in [3.05, 3.63) is 0 Å². The molecule has 1 saturated heterocycles. The van der Waals surface area contributed by atoms with Gasteiger partial charge in [0.25, 0.3) is 0 Å². The van der Waals surface area contributed by atoms with E-state index in [2.05, 4.69) is 5.32 Å². The molecule has 0 aromatic carbocycles. The fourth-order valence-corrected chi connectivity index (χ4v) is 1.67. The SMILES string of the molecule is CNC(=O)N1C(=S)N(C)CC1C. The van der Waals surface area contributed by atoms with E-state index in [4.69, 9.17) is 12.2 Å². The largest absolute Gasteiger partial charge is 0.350 e. The second kappa shape index (κ2) is 3.26. The molecule has 1 aliphatic rings. The molecule has 1 rings (SSSR count). The molecule has 1 heterocycles. The Morgan fingerprint density at radius 2 is 2.33 bits per heavy atom. The number of hydrogen-bond donors (Lipinski definition) is 1. The Morgan fingerprint density at radius 1 is 1.75 bits per heavy atom. The summed E-state index contributed by atoms with van der Waals surface area (Å²) >= 11 is 5.07. The van der Waals surface area contributed by atoms with Crippen LogP contribution < -0.4 is 5.32 Å². The highest BCUT2D eigenvalue weighted by Gasteiger charge is 2.32. The maximum absolute atomic E-state index is 11.3. The molecule has 68 valence electrons. The minimum absolute atomic E-state index is 0.128. The number of carbonyl (C=O) groups excluding carboxylic acids is 1. The van der Waals surface area contributed by atoms with Crippen LogP contribution >= 0.6 is 12.2 Å². The monoisotopic (exact) mass is 187 g/mol. The molecule has 1 fully saturated rings. The lowest BCUT2D eigenvalue weighted by molar-refractivity contribution is 0.218. The number of carbonyl (C=O) groups is 1. The van der Waals surface area contributed by atoms with Gasteiger partial charge in [-0.05, 0) is 19.1 Å². The van der Waals surface area contributed by atoms with Crippen molar-refractivity contribution in [3.63, 3.8) is 0 Å². The Labute approximate surface area is 77.5 Å². The van der Waals surface area contributed by atoms with Crippen LogP contribution in [0.3, 0.4) is 0 Å². The third-order valence-electron chi connectivity index (χ3n) is 1.94. The van der Waals surface area contributed by atoms with Crippen LogP contribution in [0, 0.1) is 0 Å². The molecule has 1 atom stereocenters. The molecule has 12 heavy (non-hydrogen) atoms. The summed E-state index contributed by atoms with van der Waals surface area (Å²) in [6, 6.07) is 0.0410. The normalized spacial score (nSPS) is 23.2. The molecule has 0 radical (unpaired) electrons. The Balaban J connectivity index is 2.76. The van der Waals surface area contributed by atoms with Crippen LogP contribution in [0.2, 0.25) is 0 Å². The first-order valence-corrected chi connectivity index (χ1v) is 4.24. The standard InChI is InChI=1S/C7H13N3OS/c1-5-4-9(3)7(12)10(5)6(11)8-2/h5H,4H2,1-3H3,(H,8,11). The highest BCUT2D eigenvalue weighted by molar-refractivity contribution is 7.80. The predicted octanol–water partition coefficient (Wildman–Crippen LogP) is 0.247. The lowest BCUT2D eigenvalue weighted by atomic mass is 10.3. The summed E-state index contributed by atoms with van der Waals surface area (Å²) in [5.41, 5.74) is 0. The van der Waals surface area contributed by atoms with Crippen molar-refractivity contribution < 1.29 is 4.79 Å². The maximum Gasteiger partial charge on any atom is 0.323 e. The van der Waals surface area contributed by atoms with Crippen molar-refractivity contribution in [1.82, 2.24) is 15.1 Å². The molecule has 0 aromatic rings. The fraction of sp³-hybridized carbons (Fsp3) is 0.714. The molecule has 1 aliphatic heterocycles. The van der Waals surface area contributed by atoms with Crippen LogP contribution in [0.15, 0.2) is 0 Å². The number of thiocarbonyl (C=S) groups is 1. The Bertz CT molecular complexity index is 219. The first-order chi connectivity index (χ1) is 5.57. The van der Waals surface area contributed by atoms with E-state index in [9.17, 15) is 4.79 Å². The highest BCUT2D eigenvalue weighted by Crippen LogP contribution is 2.13. The van der Waals surface area contributed by atoms with Crippen molar-refractivity contribution in [2.75, 3.05) is 20.6 Å². The number of amides is 2. The smallest absolute Gasteiger partial charge is 0.323 e. The first kappa shape index (κ1) is 9.25. The summed E-state index contributed by atoms with van der Waals surface area (Å²) in [5, 5.41) is 3.16. The molecule has 0 bridgehead atoms. The van der Waals surface area contributed by atoms with Crippen LogP contribution in [-0.4, -0.2) is 47.6 Å². The molecule has 1 N–H and O–H groups in total. The first-order valence-electron chi connectivity index (χ1n) is 3.84. The van der Waals surface area contributed by atoms with Gasteiger partial charge in [-0.2, -0.15) is 0 Å². The summed E-state index contributed by atoms with van der Waals surface area (Å²) < 4.78 is 0. The summed E-state index contributed by atoms with van der Waals surface area (Å²) in [5.74, 6) is 0. The van der Waals surface area contributed by atoms with Gasteiger partial charge in [0.2, 0.25) is 0 Å². The van der Waals surface area contributed by atoms with Crippen molar-refractivity contribution in [3.8, 4) is 0 Å². The predicted molar refractivity (Wildman–Crippen MR) is 51.0 cm³/mol. The Kier molecular flexibility index (Phi) is 2.52. The molecule has 4 nitrogen and oxygen atoms in total. The van der Waals surface area contributed by atoms with Gasteiger partial charge in [0.05, 0.1) is 6.04 Å². The second-order valence-electron chi connectivity index (χ2n) is 2.94. The minimum Gasteiger partial charge on any atom is -0.350 e. The van der Waals surface area contributed by atoms with Gasteiger partial charge in [0.15, 0.2) is 5.11 Å². The van der Waals surface area contributed by atoms with Gasteiger partial charge in [0, 0.05) is 20.6 Å². The average Bonchev–Trinajstić information content (AvgIpc) is 2.26. The summed E-state index contributed by atoms with van der Waals surface area (Å²) in [4.78, 5) is 14.8. The molecular weight excluding hydrogens is 174 g/mol. The minimum atomic E-state index is -0.128. The lowest BCUT2D eigenvalue weighted by Gasteiger charge is -2.19. The quantitative estimate of drug-likeness (QED) is 0.552. The number of hydrogen-bond acceptors (Lipinski definition) is 2. The zero-order valence-electron chi connectivity index (χ0n) is 7.50. The summed E-state index contributed by atoms with van der Waals surface area (Å²) in [6.07, 6.45) is 0. The van der Waals surface area contributed by atoms with E-state index >= 15 is 0 Å². The van der Waals surface area contributed by atoms with Gasteiger partial charge >= 0.3 is 6.03 Å². The lowest BCUT2D eigenvalue weighted by Crippen LogP contribution is -2.43. The van der Waals surface area contributed by atoms with Crippen molar-refractivity contribution in [2.45, 2.75) is 13.0 Å². The van der Waals surface area contributed by atoms with E-state index in [1.165, 1.54) is 0 Å². The van der Waals surface area contributed by atoms with Gasteiger partial charge < -0.3 is 10.2 Å². The number of likely N-dealkylation sites (N-methyl/N-ethyl adjacent to an activating group) is 1. The van der Waals surface area contributed by atoms with Gasteiger partial charge in [-0.15, -0.1) is 0 Å². The fourth-order valence-electron chi connectivity index (χ4n) is 1.34. The second-order valence-corrected chi connectivity index (χ2v) is 3.30. The number of nitrogens with one attached hydrogen (secondary N) is 1. The number of rotatable bonds is 0. The average molecular weight is 187 g/mol. The van der Waals surface area contributed by atoms with Crippen LogP contribution in [0.25, 0.3) is 0 Å². The maximum atomic E-state index is 11.3. The molecule has 0 spiro atoms. The number of nitrogens with zero attached hydrogens (tertiary/aromatic N) is 2. The molecular formula is C7H13N3OS. The third-order valence-corrected chi connectivity index (χ3v) is 2.45. The van der Waals surface area contributed by atoms with Crippen molar-refractivity contribution >= 4 is 23.4 Å². The van der Waals surface area contributed by atoms with E-state index in [-0.39, 0.29) is 12.1 Å². The van der Waals surface area contributed by atoms with Gasteiger partial charge in [-0.1, -0.05) is 0 Å². The van der Waals surface area contributed by atoms with Gasteiger partial charge in [-0.3, -0.25) is 4.90 Å². The zero-order chi connectivity index (χ0) is 9.30. The summed E-state index contributed by atoms with van der Waals surface area (Å²) in [6.45, 7) is 2.79. The zero-order valence-corrected chi connectivity index (χ0v) is 8.31. The molecule has 5 heteroatoms. The topological polar surface area (TPSA) is 35.6 Å². The Hall–Kier alpha value is -0.840. The van der Waals surface area contributed by atoms with Gasteiger partial charge in [0.1, 0.15) is 0 Å². The third kappa shape index (κ3) is 1.36. The van der Waals surface area contributed by atoms with Crippen LogP contribution in [-0.2, 0) is 0 Å². The van der Waals surface area contributed by atoms with Crippen LogP contribution in [0.4, 0.5) is 4.79 Å². The number of urea groups is 1.